The van der Waals surface area contributed by atoms with Crippen molar-refractivity contribution in [1.82, 2.24) is 0 Å². The van der Waals surface area contributed by atoms with Crippen LogP contribution in [-0.4, -0.2) is 17.9 Å². The molecule has 1 fully saturated rings. The molecule has 0 aromatic rings. The van der Waals surface area contributed by atoms with Crippen LogP contribution >= 0.6 is 0 Å². The Morgan fingerprint density at radius 3 is 2.61 bits per heavy atom. The lowest BCUT2D eigenvalue weighted by Crippen LogP contribution is -2.41. The summed E-state index contributed by atoms with van der Waals surface area (Å²) in [5.74, 6) is 0.644. The Bertz CT molecular complexity index is 598. The lowest BCUT2D eigenvalue weighted by atomic mass is 9.69. The molecule has 0 radical (unpaired) electrons. The van der Waals surface area contributed by atoms with E-state index in [9.17, 15) is 9.59 Å². The van der Waals surface area contributed by atoms with Crippen LogP contribution in [-0.2, 0) is 14.3 Å². The van der Waals surface area contributed by atoms with E-state index < -0.39 is 0 Å². The van der Waals surface area contributed by atoms with Gasteiger partial charge < -0.3 is 4.74 Å². The van der Waals surface area contributed by atoms with E-state index in [1.807, 2.05) is 13.0 Å². The summed E-state index contributed by atoms with van der Waals surface area (Å²) < 4.78 is 5.83. The normalized spacial score (nSPS) is 40.9. The van der Waals surface area contributed by atoms with Crippen molar-refractivity contribution in [3.05, 3.63) is 22.8 Å². The van der Waals surface area contributed by atoms with Crippen molar-refractivity contribution in [2.45, 2.75) is 72.3 Å². The van der Waals surface area contributed by atoms with Gasteiger partial charge in [0.25, 0.3) is 0 Å². The van der Waals surface area contributed by atoms with Gasteiger partial charge in [-0.1, -0.05) is 25.0 Å². The molecule has 1 heterocycles. The highest BCUT2D eigenvalue weighted by atomic mass is 16.5. The Morgan fingerprint density at radius 1 is 1.17 bits per heavy atom. The first-order valence-corrected chi connectivity index (χ1v) is 8.91. The van der Waals surface area contributed by atoms with Crippen molar-refractivity contribution in [2.24, 2.45) is 17.3 Å². The van der Waals surface area contributed by atoms with Crippen LogP contribution in [0.5, 0.6) is 0 Å². The van der Waals surface area contributed by atoms with Gasteiger partial charge in [0.05, 0.1) is 0 Å². The summed E-state index contributed by atoms with van der Waals surface area (Å²) in [5, 5.41) is 0. The van der Waals surface area contributed by atoms with Gasteiger partial charge in [0, 0.05) is 17.9 Å². The molecule has 3 heteroatoms. The third kappa shape index (κ3) is 3.02. The van der Waals surface area contributed by atoms with E-state index in [4.69, 9.17) is 4.74 Å². The molecule has 3 rings (SSSR count). The van der Waals surface area contributed by atoms with Crippen molar-refractivity contribution in [3.8, 4) is 0 Å². The molecule has 0 N–H and O–H groups in total. The zero-order valence-electron chi connectivity index (χ0n) is 14.8. The van der Waals surface area contributed by atoms with Gasteiger partial charge >= 0.3 is 5.97 Å². The first-order chi connectivity index (χ1) is 10.8. The summed E-state index contributed by atoms with van der Waals surface area (Å²) >= 11 is 0. The van der Waals surface area contributed by atoms with Gasteiger partial charge in [0.15, 0.2) is 5.78 Å². The average molecular weight is 316 g/mol. The molecular formula is C20H28O3. The number of carbonyl (C=O) groups is 2. The molecule has 0 bridgehead atoms. The molecule has 0 saturated heterocycles. The number of allylic oxidation sites excluding steroid dienone is 2. The van der Waals surface area contributed by atoms with Gasteiger partial charge in [0.1, 0.15) is 6.10 Å². The van der Waals surface area contributed by atoms with Gasteiger partial charge in [-0.2, -0.15) is 0 Å². The van der Waals surface area contributed by atoms with Crippen LogP contribution in [0, 0.1) is 17.3 Å². The van der Waals surface area contributed by atoms with E-state index in [-0.39, 0.29) is 29.2 Å². The highest BCUT2D eigenvalue weighted by molar-refractivity contribution is 5.91. The molecule has 4 atom stereocenters. The fraction of sp³-hybridized carbons (Fsp3) is 0.700. The van der Waals surface area contributed by atoms with Crippen molar-refractivity contribution in [2.75, 3.05) is 0 Å². The minimum Gasteiger partial charge on any atom is -0.458 e. The number of hydrogen-bond donors (Lipinski definition) is 0. The van der Waals surface area contributed by atoms with Gasteiger partial charge in [-0.05, 0) is 63.4 Å². The van der Waals surface area contributed by atoms with Crippen LogP contribution in [0.2, 0.25) is 0 Å². The SMILES string of the molecule is CC1=C2CC[C@]3(C)CC/C(C)=C\C(=O)C[C@H](C)C[C@H](OC1=O)[C@H]23. The second-order valence-corrected chi connectivity index (χ2v) is 8.23. The molecule has 23 heavy (non-hydrogen) atoms. The van der Waals surface area contributed by atoms with Crippen LogP contribution in [0.3, 0.4) is 0 Å². The fourth-order valence-corrected chi connectivity index (χ4v) is 4.85. The number of ketones is 1. The standard InChI is InChI=1S/C20H28O3/c1-12-5-7-20(4)8-6-16-14(3)19(22)23-17(18(16)20)11-13(2)10-15(21)9-12/h9,13,17-18H,5-8,10-11H2,1-4H3/b12-9-/t13-,17-,18-,20-/m0/s1. The molecule has 0 unspecified atom stereocenters. The largest absolute Gasteiger partial charge is 0.458 e. The van der Waals surface area contributed by atoms with Crippen molar-refractivity contribution < 1.29 is 14.3 Å². The van der Waals surface area contributed by atoms with Crippen molar-refractivity contribution in [1.29, 1.82) is 0 Å². The summed E-state index contributed by atoms with van der Waals surface area (Å²) in [4.78, 5) is 24.4. The Kier molecular flexibility index (Phi) is 4.24. The highest BCUT2D eigenvalue weighted by Gasteiger charge is 2.50. The lowest BCUT2D eigenvalue weighted by Gasteiger charge is -2.40. The zero-order chi connectivity index (χ0) is 16.8. The molecule has 0 amide bonds. The van der Waals surface area contributed by atoms with Gasteiger partial charge in [0.2, 0.25) is 0 Å². The summed E-state index contributed by atoms with van der Waals surface area (Å²) in [7, 11) is 0. The Balaban J connectivity index is 2.00. The van der Waals surface area contributed by atoms with Crippen molar-refractivity contribution >= 4 is 11.8 Å². The number of esters is 1. The molecule has 3 aliphatic rings. The third-order valence-electron chi connectivity index (χ3n) is 6.19. The summed E-state index contributed by atoms with van der Waals surface area (Å²) in [6.07, 6.45) is 7.27. The molecule has 1 aliphatic heterocycles. The monoisotopic (exact) mass is 316 g/mol. The van der Waals surface area contributed by atoms with Crippen LogP contribution in [0.15, 0.2) is 22.8 Å². The van der Waals surface area contributed by atoms with Crippen LogP contribution in [0.25, 0.3) is 0 Å². The number of ether oxygens (including phenoxy) is 1. The predicted molar refractivity (Wildman–Crippen MR) is 89.8 cm³/mol. The van der Waals surface area contributed by atoms with E-state index in [0.29, 0.717) is 12.3 Å². The number of carbonyl (C=O) groups excluding carboxylic acids is 2. The molecule has 0 spiro atoms. The smallest absolute Gasteiger partial charge is 0.333 e. The Labute approximate surface area is 139 Å². The molecular weight excluding hydrogens is 288 g/mol. The van der Waals surface area contributed by atoms with Crippen molar-refractivity contribution in [3.63, 3.8) is 0 Å². The highest BCUT2D eigenvalue weighted by Crippen LogP contribution is 2.55. The predicted octanol–water partition coefficient (Wildman–Crippen LogP) is 4.37. The molecule has 2 aliphatic carbocycles. The zero-order valence-corrected chi connectivity index (χ0v) is 14.8. The third-order valence-corrected chi connectivity index (χ3v) is 6.19. The van der Waals surface area contributed by atoms with Gasteiger partial charge in [-0.15, -0.1) is 0 Å². The van der Waals surface area contributed by atoms with E-state index >= 15 is 0 Å². The Morgan fingerprint density at radius 2 is 1.87 bits per heavy atom. The first kappa shape index (κ1) is 16.5. The number of rotatable bonds is 0. The van der Waals surface area contributed by atoms with E-state index in [0.717, 1.165) is 37.7 Å². The first-order valence-electron chi connectivity index (χ1n) is 8.91. The quantitative estimate of drug-likeness (QED) is 0.623. The van der Waals surface area contributed by atoms with Gasteiger partial charge in [-0.25, -0.2) is 4.79 Å². The lowest BCUT2D eigenvalue weighted by molar-refractivity contribution is -0.152. The number of hydrogen-bond acceptors (Lipinski definition) is 3. The minimum absolute atomic E-state index is 0.0603. The maximum atomic E-state index is 12.2. The topological polar surface area (TPSA) is 43.4 Å². The van der Waals surface area contributed by atoms with E-state index in [1.165, 1.54) is 11.1 Å². The summed E-state index contributed by atoms with van der Waals surface area (Å²) in [6, 6.07) is 0. The minimum atomic E-state index is -0.145. The van der Waals surface area contributed by atoms with Crippen LogP contribution in [0.1, 0.15) is 66.2 Å². The maximum Gasteiger partial charge on any atom is 0.333 e. The molecule has 1 saturated carbocycles. The second-order valence-electron chi connectivity index (χ2n) is 8.23. The molecule has 0 aromatic heterocycles. The fourth-order valence-electron chi connectivity index (χ4n) is 4.85. The Hall–Kier alpha value is -1.38. The van der Waals surface area contributed by atoms with Crippen LogP contribution < -0.4 is 0 Å². The van der Waals surface area contributed by atoms with Crippen LogP contribution in [0.4, 0.5) is 0 Å². The van der Waals surface area contributed by atoms with E-state index in [1.54, 1.807) is 0 Å². The van der Waals surface area contributed by atoms with Gasteiger partial charge in [-0.3, -0.25) is 4.79 Å². The summed E-state index contributed by atoms with van der Waals surface area (Å²) in [6.45, 7) is 8.44. The molecule has 126 valence electrons. The molecule has 0 aromatic carbocycles. The van der Waals surface area contributed by atoms with E-state index in [2.05, 4.69) is 20.8 Å². The molecule has 3 nitrogen and oxygen atoms in total. The second kappa shape index (κ2) is 5.92. The summed E-state index contributed by atoms with van der Waals surface area (Å²) in [5.41, 5.74) is 3.52. The average Bonchev–Trinajstić information content (AvgIpc) is 2.80. The maximum absolute atomic E-state index is 12.2.